The Hall–Kier alpha value is -2.75. The van der Waals surface area contributed by atoms with E-state index in [1.54, 1.807) is 12.1 Å². The molecule has 1 atom stereocenters. The number of anilines is 1. The number of benzene rings is 1. The molecule has 2 aliphatic heterocycles. The van der Waals surface area contributed by atoms with Crippen molar-refractivity contribution in [2.24, 2.45) is 0 Å². The van der Waals surface area contributed by atoms with Crippen LogP contribution in [0.5, 0.6) is 11.5 Å². The molecule has 33 heavy (non-hydrogen) atoms. The van der Waals surface area contributed by atoms with E-state index < -0.39 is 9.84 Å². The monoisotopic (exact) mass is 476 g/mol. The summed E-state index contributed by atoms with van der Waals surface area (Å²) < 4.78 is 36.8. The number of aryl methyl sites for hydroxylation is 1. The number of hydrogen-bond acceptors (Lipinski definition) is 7. The number of aromatic nitrogens is 2. The highest BCUT2D eigenvalue weighted by Crippen LogP contribution is 2.31. The molecule has 180 valence electrons. The quantitative estimate of drug-likeness (QED) is 0.603. The van der Waals surface area contributed by atoms with E-state index in [0.717, 1.165) is 22.8 Å². The summed E-state index contributed by atoms with van der Waals surface area (Å²) in [6.07, 6.45) is 0.611. The first kappa shape index (κ1) is 23.4. The summed E-state index contributed by atoms with van der Waals surface area (Å²) >= 11 is 0. The maximum absolute atomic E-state index is 12.6. The average Bonchev–Trinajstić information content (AvgIpc) is 3.31. The predicted molar refractivity (Wildman–Crippen MR) is 126 cm³/mol. The van der Waals surface area contributed by atoms with Gasteiger partial charge in [-0.1, -0.05) is 0 Å². The first-order valence-electron chi connectivity index (χ1n) is 11.4. The summed E-state index contributed by atoms with van der Waals surface area (Å²) in [4.78, 5) is 16.7. The third kappa shape index (κ3) is 5.26. The van der Waals surface area contributed by atoms with Crippen LogP contribution >= 0.6 is 0 Å². The van der Waals surface area contributed by atoms with E-state index in [1.165, 1.54) is 0 Å². The van der Waals surface area contributed by atoms with Gasteiger partial charge >= 0.3 is 0 Å². The van der Waals surface area contributed by atoms with Crippen molar-refractivity contribution in [3.8, 4) is 11.5 Å². The van der Waals surface area contributed by atoms with Crippen LogP contribution in [0.4, 0.5) is 5.69 Å². The Morgan fingerprint density at radius 2 is 1.70 bits per heavy atom. The van der Waals surface area contributed by atoms with Gasteiger partial charge in [-0.05, 0) is 51.5 Å². The predicted octanol–water partition coefficient (Wildman–Crippen LogP) is 1.99. The summed E-state index contributed by atoms with van der Waals surface area (Å²) in [6.45, 7) is 9.11. The van der Waals surface area contributed by atoms with Gasteiger partial charge in [-0.3, -0.25) is 9.48 Å². The summed E-state index contributed by atoms with van der Waals surface area (Å²) in [5, 5.41) is 4.67. The third-order valence-electron chi connectivity index (χ3n) is 6.29. The SMILES string of the molecule is CCOc1ccc(OCC(=O)N2CCN(c3c(C)nn(C4CCS(=O)(=O)C4)c3C)CC2)cc1. The molecule has 2 aromatic rings. The number of hydrogen-bond donors (Lipinski definition) is 0. The van der Waals surface area contributed by atoms with Crippen LogP contribution in [-0.4, -0.2) is 79.9 Å². The molecule has 3 heterocycles. The summed E-state index contributed by atoms with van der Waals surface area (Å²) in [6, 6.07) is 7.16. The van der Waals surface area contributed by atoms with Gasteiger partial charge in [0.25, 0.3) is 5.91 Å². The highest BCUT2D eigenvalue weighted by atomic mass is 32.2. The van der Waals surface area contributed by atoms with E-state index in [0.29, 0.717) is 45.0 Å². The second kappa shape index (κ2) is 9.62. The fraction of sp³-hybridized carbons (Fsp3) is 0.565. The largest absolute Gasteiger partial charge is 0.494 e. The molecule has 9 nitrogen and oxygen atoms in total. The molecule has 0 bridgehead atoms. The van der Waals surface area contributed by atoms with Crippen LogP contribution in [0.15, 0.2) is 24.3 Å². The fourth-order valence-corrected chi connectivity index (χ4v) is 6.34. The number of sulfone groups is 1. The zero-order valence-electron chi connectivity index (χ0n) is 19.5. The van der Waals surface area contributed by atoms with Crippen LogP contribution in [0, 0.1) is 13.8 Å². The van der Waals surface area contributed by atoms with Gasteiger partial charge in [-0.2, -0.15) is 5.10 Å². The minimum absolute atomic E-state index is 0.000123. The average molecular weight is 477 g/mol. The van der Waals surface area contributed by atoms with Gasteiger partial charge in [0.05, 0.1) is 41.2 Å². The van der Waals surface area contributed by atoms with Gasteiger partial charge in [0.2, 0.25) is 0 Å². The Kier molecular flexibility index (Phi) is 6.83. The molecule has 2 fully saturated rings. The Balaban J connectivity index is 1.32. The number of piperazine rings is 1. The number of carbonyl (C=O) groups excluding carboxylic acids is 1. The minimum atomic E-state index is -2.97. The van der Waals surface area contributed by atoms with Crippen LogP contribution in [-0.2, 0) is 14.6 Å². The van der Waals surface area contributed by atoms with Gasteiger partial charge in [0.15, 0.2) is 16.4 Å². The molecule has 1 amide bonds. The molecule has 0 radical (unpaired) electrons. The van der Waals surface area contributed by atoms with Crippen LogP contribution < -0.4 is 14.4 Å². The normalized spacial score (nSPS) is 20.2. The van der Waals surface area contributed by atoms with Crippen LogP contribution in [0.2, 0.25) is 0 Å². The van der Waals surface area contributed by atoms with Crippen molar-refractivity contribution in [1.29, 1.82) is 0 Å². The number of rotatable bonds is 7. The molecule has 1 unspecified atom stereocenters. The number of ether oxygens (including phenoxy) is 2. The van der Waals surface area contributed by atoms with Crippen LogP contribution in [0.25, 0.3) is 0 Å². The zero-order valence-corrected chi connectivity index (χ0v) is 20.3. The van der Waals surface area contributed by atoms with Crippen molar-refractivity contribution in [3.05, 3.63) is 35.7 Å². The summed E-state index contributed by atoms with van der Waals surface area (Å²) in [5.41, 5.74) is 2.95. The lowest BCUT2D eigenvalue weighted by atomic mass is 10.2. The molecule has 0 N–H and O–H groups in total. The van der Waals surface area contributed by atoms with E-state index in [9.17, 15) is 13.2 Å². The fourth-order valence-electron chi connectivity index (χ4n) is 4.65. The molecule has 4 rings (SSSR count). The highest BCUT2D eigenvalue weighted by molar-refractivity contribution is 7.91. The number of nitrogens with zero attached hydrogens (tertiary/aromatic N) is 4. The molecule has 1 aromatic carbocycles. The van der Waals surface area contributed by atoms with E-state index in [2.05, 4.69) is 10.00 Å². The lowest BCUT2D eigenvalue weighted by Crippen LogP contribution is -2.50. The second-order valence-corrected chi connectivity index (χ2v) is 10.8. The first-order valence-corrected chi connectivity index (χ1v) is 13.2. The smallest absolute Gasteiger partial charge is 0.260 e. The molecule has 2 aliphatic rings. The Bertz CT molecular complexity index is 1090. The molecule has 1 aromatic heterocycles. The Labute approximate surface area is 195 Å². The summed E-state index contributed by atoms with van der Waals surface area (Å²) in [7, 11) is -2.97. The van der Waals surface area contributed by atoms with Gasteiger partial charge in [-0.25, -0.2) is 8.42 Å². The van der Waals surface area contributed by atoms with Crippen LogP contribution in [0.1, 0.15) is 30.8 Å². The van der Waals surface area contributed by atoms with Crippen molar-refractivity contribution >= 4 is 21.4 Å². The van der Waals surface area contributed by atoms with E-state index in [4.69, 9.17) is 9.47 Å². The van der Waals surface area contributed by atoms with E-state index in [-0.39, 0.29) is 30.1 Å². The third-order valence-corrected chi connectivity index (χ3v) is 8.04. The van der Waals surface area contributed by atoms with E-state index in [1.807, 2.05) is 42.5 Å². The second-order valence-electron chi connectivity index (χ2n) is 8.58. The van der Waals surface area contributed by atoms with Crippen molar-refractivity contribution in [3.63, 3.8) is 0 Å². The van der Waals surface area contributed by atoms with Gasteiger partial charge < -0.3 is 19.3 Å². The maximum Gasteiger partial charge on any atom is 0.260 e. The first-order chi connectivity index (χ1) is 15.8. The lowest BCUT2D eigenvalue weighted by molar-refractivity contribution is -0.133. The maximum atomic E-state index is 12.6. The number of carbonyl (C=O) groups is 1. The lowest BCUT2D eigenvalue weighted by Gasteiger charge is -2.36. The van der Waals surface area contributed by atoms with E-state index >= 15 is 0 Å². The Morgan fingerprint density at radius 3 is 2.27 bits per heavy atom. The van der Waals surface area contributed by atoms with Crippen molar-refractivity contribution in [2.45, 2.75) is 33.2 Å². The van der Waals surface area contributed by atoms with Gasteiger partial charge in [0.1, 0.15) is 11.5 Å². The summed E-state index contributed by atoms with van der Waals surface area (Å²) in [5.74, 6) is 1.76. The zero-order chi connectivity index (χ0) is 23.6. The van der Waals surface area contributed by atoms with Crippen molar-refractivity contribution in [2.75, 3.05) is 55.8 Å². The highest BCUT2D eigenvalue weighted by Gasteiger charge is 2.33. The van der Waals surface area contributed by atoms with Gasteiger partial charge in [-0.15, -0.1) is 0 Å². The van der Waals surface area contributed by atoms with Crippen molar-refractivity contribution < 1.29 is 22.7 Å². The standard InChI is InChI=1S/C23H32N4O5S/c1-4-31-20-5-7-21(8-6-20)32-15-22(28)25-10-12-26(13-11-25)23-17(2)24-27(18(23)3)19-9-14-33(29,30)16-19/h5-8,19H,4,9-16H2,1-3H3. The molecule has 0 spiro atoms. The molecule has 0 aliphatic carbocycles. The molecule has 0 saturated carbocycles. The Morgan fingerprint density at radius 1 is 1.06 bits per heavy atom. The topological polar surface area (TPSA) is 94.0 Å². The molecule has 10 heteroatoms. The van der Waals surface area contributed by atoms with Gasteiger partial charge in [0, 0.05) is 26.2 Å². The van der Waals surface area contributed by atoms with Crippen LogP contribution in [0.3, 0.4) is 0 Å². The number of amides is 1. The van der Waals surface area contributed by atoms with Crippen molar-refractivity contribution in [1.82, 2.24) is 14.7 Å². The molecular weight excluding hydrogens is 444 g/mol. The molecule has 2 saturated heterocycles. The molecular formula is C23H32N4O5S. The minimum Gasteiger partial charge on any atom is -0.494 e.